The quantitative estimate of drug-likeness (QED) is 0.804. The van der Waals surface area contributed by atoms with Gasteiger partial charge < -0.3 is 14.5 Å². The molecule has 0 radical (unpaired) electrons. The minimum absolute atomic E-state index is 0.263. The van der Waals surface area contributed by atoms with Crippen LogP contribution in [0.2, 0.25) is 5.02 Å². The topological polar surface area (TPSA) is 49.9 Å². The van der Waals surface area contributed by atoms with E-state index in [9.17, 15) is 9.59 Å². The van der Waals surface area contributed by atoms with Gasteiger partial charge in [-0.05, 0) is 25.1 Å². The second-order valence-corrected chi connectivity index (χ2v) is 4.90. The first-order chi connectivity index (χ1) is 9.65. The maximum absolute atomic E-state index is 11.6. The molecule has 0 bridgehead atoms. The van der Waals surface area contributed by atoms with Crippen LogP contribution in [-0.2, 0) is 4.74 Å². The van der Waals surface area contributed by atoms with Crippen molar-refractivity contribution in [3.8, 4) is 0 Å². The van der Waals surface area contributed by atoms with Gasteiger partial charge in [0.25, 0.3) is 0 Å². The molecule has 1 fully saturated rings. The van der Waals surface area contributed by atoms with E-state index in [1.807, 2.05) is 6.07 Å². The predicted octanol–water partition coefficient (Wildman–Crippen LogP) is 2.43. The zero-order valence-corrected chi connectivity index (χ0v) is 12.1. The second-order valence-electron chi connectivity index (χ2n) is 4.50. The molecule has 20 heavy (non-hydrogen) atoms. The number of halogens is 1. The Morgan fingerprint density at radius 1 is 1.35 bits per heavy atom. The lowest BCUT2D eigenvalue weighted by molar-refractivity contribution is 0.105. The van der Waals surface area contributed by atoms with Gasteiger partial charge in [-0.3, -0.25) is 4.79 Å². The van der Waals surface area contributed by atoms with Crippen LogP contribution in [0.25, 0.3) is 0 Å². The Bertz CT molecular complexity index is 499. The summed E-state index contributed by atoms with van der Waals surface area (Å²) in [7, 11) is 0. The van der Waals surface area contributed by atoms with Gasteiger partial charge in [0.05, 0.1) is 11.6 Å². The van der Waals surface area contributed by atoms with E-state index in [0.29, 0.717) is 30.3 Å². The van der Waals surface area contributed by atoms with E-state index in [-0.39, 0.29) is 6.09 Å². The molecule has 0 saturated carbocycles. The number of carbonyl (C=O) groups is 2. The number of hydrogen-bond donors (Lipinski definition) is 0. The fraction of sp³-hybridized carbons (Fsp3) is 0.429. The zero-order chi connectivity index (χ0) is 14.5. The van der Waals surface area contributed by atoms with E-state index in [2.05, 4.69) is 4.90 Å². The summed E-state index contributed by atoms with van der Waals surface area (Å²) in [5.41, 5.74) is 1.45. The van der Waals surface area contributed by atoms with Gasteiger partial charge in [-0.15, -0.1) is 0 Å². The summed E-state index contributed by atoms with van der Waals surface area (Å²) in [4.78, 5) is 26.2. The van der Waals surface area contributed by atoms with Crippen molar-refractivity contribution in [2.24, 2.45) is 0 Å². The van der Waals surface area contributed by atoms with Crippen molar-refractivity contribution in [2.45, 2.75) is 6.92 Å². The minimum Gasteiger partial charge on any atom is -0.450 e. The van der Waals surface area contributed by atoms with Crippen molar-refractivity contribution >= 4 is 29.7 Å². The number of carbonyl (C=O) groups excluding carboxylic acids is 2. The van der Waals surface area contributed by atoms with Crippen LogP contribution in [0.3, 0.4) is 0 Å². The van der Waals surface area contributed by atoms with Crippen molar-refractivity contribution in [1.82, 2.24) is 4.90 Å². The smallest absolute Gasteiger partial charge is 0.409 e. The maximum Gasteiger partial charge on any atom is 0.409 e. The molecule has 0 aromatic heterocycles. The first-order valence-electron chi connectivity index (χ1n) is 6.57. The van der Waals surface area contributed by atoms with Gasteiger partial charge in [0, 0.05) is 37.4 Å². The molecule has 1 aliphatic rings. The molecule has 5 nitrogen and oxygen atoms in total. The third-order valence-corrected chi connectivity index (χ3v) is 3.61. The molecule has 0 N–H and O–H groups in total. The highest BCUT2D eigenvalue weighted by molar-refractivity contribution is 6.33. The van der Waals surface area contributed by atoms with Gasteiger partial charge in [-0.25, -0.2) is 4.79 Å². The lowest BCUT2D eigenvalue weighted by atomic mass is 10.2. The molecule has 6 heteroatoms. The number of aldehydes is 1. The average molecular weight is 297 g/mol. The van der Waals surface area contributed by atoms with Crippen LogP contribution in [0.15, 0.2) is 18.2 Å². The van der Waals surface area contributed by atoms with Crippen LogP contribution in [0.4, 0.5) is 10.5 Å². The number of piperazine rings is 1. The summed E-state index contributed by atoms with van der Waals surface area (Å²) in [5.74, 6) is 0. The van der Waals surface area contributed by atoms with Gasteiger partial charge >= 0.3 is 6.09 Å². The molecule has 0 aliphatic carbocycles. The van der Waals surface area contributed by atoms with Crippen LogP contribution in [-0.4, -0.2) is 50.1 Å². The van der Waals surface area contributed by atoms with Gasteiger partial charge in [0.2, 0.25) is 0 Å². The number of nitrogens with zero attached hydrogens (tertiary/aromatic N) is 2. The molecule has 0 spiro atoms. The molecule has 1 saturated heterocycles. The number of benzene rings is 1. The summed E-state index contributed by atoms with van der Waals surface area (Å²) in [5, 5.41) is 0.449. The number of ether oxygens (including phenoxy) is 1. The molecule has 108 valence electrons. The lowest BCUT2D eigenvalue weighted by Crippen LogP contribution is -2.49. The molecule has 2 rings (SSSR count). The van der Waals surface area contributed by atoms with E-state index in [4.69, 9.17) is 16.3 Å². The molecular formula is C14H17ClN2O3. The standard InChI is InChI=1S/C14H17ClN2O3/c1-2-20-14(19)17-7-5-16(6-8-17)12-4-3-11(10-18)13(15)9-12/h3-4,9-10H,2,5-8H2,1H3. The van der Waals surface area contributed by atoms with Crippen molar-refractivity contribution in [1.29, 1.82) is 0 Å². The molecule has 1 amide bonds. The number of anilines is 1. The van der Waals surface area contributed by atoms with Crippen LogP contribution >= 0.6 is 11.6 Å². The van der Waals surface area contributed by atoms with Crippen LogP contribution in [0.5, 0.6) is 0 Å². The van der Waals surface area contributed by atoms with Crippen LogP contribution in [0.1, 0.15) is 17.3 Å². The van der Waals surface area contributed by atoms with Gasteiger partial charge in [0.1, 0.15) is 0 Å². The average Bonchev–Trinajstić information content (AvgIpc) is 2.47. The maximum atomic E-state index is 11.6. The van der Waals surface area contributed by atoms with Crippen LogP contribution in [0, 0.1) is 0 Å². The van der Waals surface area contributed by atoms with Crippen molar-refractivity contribution < 1.29 is 14.3 Å². The Labute approximate surface area is 123 Å². The zero-order valence-electron chi connectivity index (χ0n) is 11.3. The highest BCUT2D eigenvalue weighted by Crippen LogP contribution is 2.23. The van der Waals surface area contributed by atoms with Crippen molar-refractivity contribution in [3.05, 3.63) is 28.8 Å². The van der Waals surface area contributed by atoms with E-state index < -0.39 is 0 Å². The second kappa shape index (κ2) is 6.61. The van der Waals surface area contributed by atoms with Crippen molar-refractivity contribution in [3.63, 3.8) is 0 Å². The van der Waals surface area contributed by atoms with Gasteiger partial charge in [-0.2, -0.15) is 0 Å². The summed E-state index contributed by atoms with van der Waals surface area (Å²) in [6, 6.07) is 5.36. The van der Waals surface area contributed by atoms with E-state index in [1.165, 1.54) is 0 Å². The largest absolute Gasteiger partial charge is 0.450 e. The number of rotatable bonds is 3. The highest BCUT2D eigenvalue weighted by Gasteiger charge is 2.22. The molecule has 1 aromatic carbocycles. The molecule has 0 atom stereocenters. The van der Waals surface area contributed by atoms with E-state index in [0.717, 1.165) is 25.1 Å². The predicted molar refractivity (Wildman–Crippen MR) is 77.6 cm³/mol. The van der Waals surface area contributed by atoms with Crippen LogP contribution < -0.4 is 4.90 Å². The van der Waals surface area contributed by atoms with E-state index >= 15 is 0 Å². The monoisotopic (exact) mass is 296 g/mol. The number of hydrogen-bond acceptors (Lipinski definition) is 4. The Morgan fingerprint density at radius 3 is 2.60 bits per heavy atom. The first kappa shape index (κ1) is 14.7. The van der Waals surface area contributed by atoms with Gasteiger partial charge in [-0.1, -0.05) is 11.6 Å². The summed E-state index contributed by atoms with van der Waals surface area (Å²) in [6.45, 7) is 4.86. The lowest BCUT2D eigenvalue weighted by Gasteiger charge is -2.35. The normalized spacial score (nSPS) is 15.1. The molecule has 0 unspecified atom stereocenters. The summed E-state index contributed by atoms with van der Waals surface area (Å²) in [6.07, 6.45) is 0.478. The summed E-state index contributed by atoms with van der Waals surface area (Å²) >= 11 is 6.03. The minimum atomic E-state index is -0.263. The molecule has 1 heterocycles. The highest BCUT2D eigenvalue weighted by atomic mass is 35.5. The molecule has 1 aliphatic heterocycles. The fourth-order valence-electron chi connectivity index (χ4n) is 2.17. The molecule has 1 aromatic rings. The Balaban J connectivity index is 1.98. The Kier molecular flexibility index (Phi) is 4.84. The number of amides is 1. The Morgan fingerprint density at radius 2 is 2.05 bits per heavy atom. The Hall–Kier alpha value is -1.75. The third-order valence-electron chi connectivity index (χ3n) is 3.28. The SMILES string of the molecule is CCOC(=O)N1CCN(c2ccc(C=O)c(Cl)c2)CC1. The summed E-state index contributed by atoms with van der Waals surface area (Å²) < 4.78 is 4.98. The van der Waals surface area contributed by atoms with Crippen molar-refractivity contribution in [2.75, 3.05) is 37.7 Å². The van der Waals surface area contributed by atoms with E-state index in [1.54, 1.807) is 24.0 Å². The third kappa shape index (κ3) is 3.22. The van der Waals surface area contributed by atoms with Gasteiger partial charge in [0.15, 0.2) is 6.29 Å². The molecular weight excluding hydrogens is 280 g/mol. The first-order valence-corrected chi connectivity index (χ1v) is 6.95. The fourth-order valence-corrected chi connectivity index (χ4v) is 2.39.